The van der Waals surface area contributed by atoms with Crippen molar-refractivity contribution < 1.29 is 42.6 Å². The molecule has 3 atom stereocenters. The van der Waals surface area contributed by atoms with Gasteiger partial charge in [0.15, 0.2) is 11.6 Å². The van der Waals surface area contributed by atoms with Crippen LogP contribution in [-0.4, -0.2) is 58.8 Å². The topological polar surface area (TPSA) is 151 Å². The molecule has 3 rings (SSSR count). The van der Waals surface area contributed by atoms with Crippen LogP contribution in [-0.2, 0) is 30.5 Å². The first-order chi connectivity index (χ1) is 20.5. The highest BCUT2D eigenvalue weighted by molar-refractivity contribution is 6.38. The molecule has 0 bridgehead atoms. The minimum absolute atomic E-state index is 0.0122. The molecule has 0 aromatic heterocycles. The number of aliphatic carboxylic acids is 1. The molecule has 1 fully saturated rings. The van der Waals surface area contributed by atoms with Gasteiger partial charge in [-0.1, -0.05) is 62.6 Å². The monoisotopic (exact) mass is 601 g/mol. The van der Waals surface area contributed by atoms with E-state index in [0.717, 1.165) is 37.0 Å². The van der Waals surface area contributed by atoms with Crippen LogP contribution in [0.2, 0.25) is 0 Å². The number of Topliss-reactive ketones (excluding diaryl/α,β-unsaturated/α-hetero) is 1. The van der Waals surface area contributed by atoms with E-state index in [-0.39, 0.29) is 13.0 Å². The number of nitrogens with one attached hydrogen (secondary N) is 3. The van der Waals surface area contributed by atoms with Crippen LogP contribution in [0.1, 0.15) is 68.3 Å². The van der Waals surface area contributed by atoms with Gasteiger partial charge < -0.3 is 25.8 Å². The van der Waals surface area contributed by atoms with Gasteiger partial charge >= 0.3 is 5.97 Å². The van der Waals surface area contributed by atoms with Gasteiger partial charge in [0.1, 0.15) is 17.6 Å². The summed E-state index contributed by atoms with van der Waals surface area (Å²) in [6, 6.07) is 9.19. The second-order valence-corrected chi connectivity index (χ2v) is 10.8. The predicted octanol–water partition coefficient (Wildman–Crippen LogP) is 3.28. The summed E-state index contributed by atoms with van der Waals surface area (Å²) in [5, 5.41) is 16.6. The zero-order valence-corrected chi connectivity index (χ0v) is 24.2. The Kier molecular flexibility index (Phi) is 11.9. The van der Waals surface area contributed by atoms with Crippen molar-refractivity contribution in [3.05, 3.63) is 71.3 Å². The predicted molar refractivity (Wildman–Crippen MR) is 152 cm³/mol. The van der Waals surface area contributed by atoms with Crippen molar-refractivity contribution in [3.63, 3.8) is 0 Å². The summed E-state index contributed by atoms with van der Waals surface area (Å²) >= 11 is 0. The number of benzene rings is 2. The number of carboxylic acids is 1. The first-order valence-corrected chi connectivity index (χ1v) is 14.2. The maximum Gasteiger partial charge on any atom is 0.326 e. The third kappa shape index (κ3) is 8.66. The van der Waals surface area contributed by atoms with E-state index < -0.39 is 76.8 Å². The number of carboxylic acid groups (broad SMARTS) is 1. The molecule has 0 radical (unpaired) electrons. The number of hydrogen-bond acceptors (Lipinski definition) is 6. The Balaban J connectivity index is 1.88. The fraction of sp³-hybridized carbons (Fsp3) is 0.452. The lowest BCUT2D eigenvalue weighted by Crippen LogP contribution is -2.64. The lowest BCUT2D eigenvalue weighted by Gasteiger charge is -2.40. The van der Waals surface area contributed by atoms with Crippen LogP contribution >= 0.6 is 0 Å². The number of ketones is 1. The van der Waals surface area contributed by atoms with Crippen LogP contribution in [0.3, 0.4) is 0 Å². The van der Waals surface area contributed by atoms with Crippen molar-refractivity contribution in [1.29, 1.82) is 0 Å². The van der Waals surface area contributed by atoms with E-state index >= 15 is 0 Å². The number of amides is 3. The molecule has 1 aliphatic rings. The Bertz CT molecular complexity index is 1320. The van der Waals surface area contributed by atoms with E-state index in [9.17, 15) is 37.9 Å². The average molecular weight is 602 g/mol. The highest BCUT2D eigenvalue weighted by atomic mass is 19.2. The molecule has 12 heteroatoms. The lowest BCUT2D eigenvalue weighted by molar-refractivity contribution is -0.146. The second-order valence-electron chi connectivity index (χ2n) is 10.8. The molecule has 10 nitrogen and oxygen atoms in total. The Morgan fingerprint density at radius 1 is 0.953 bits per heavy atom. The summed E-state index contributed by atoms with van der Waals surface area (Å²) in [6.45, 7) is 2.57. The van der Waals surface area contributed by atoms with E-state index in [1.54, 1.807) is 24.3 Å². The zero-order valence-electron chi connectivity index (χ0n) is 24.2. The van der Waals surface area contributed by atoms with Crippen molar-refractivity contribution in [2.75, 3.05) is 6.61 Å². The maximum atomic E-state index is 14.5. The van der Waals surface area contributed by atoms with Crippen LogP contribution in [0.15, 0.2) is 48.5 Å². The smallest absolute Gasteiger partial charge is 0.326 e. The van der Waals surface area contributed by atoms with Gasteiger partial charge in [-0.2, -0.15) is 0 Å². The van der Waals surface area contributed by atoms with Crippen molar-refractivity contribution in [1.82, 2.24) is 16.0 Å². The van der Waals surface area contributed by atoms with Crippen LogP contribution in [0.25, 0.3) is 0 Å². The van der Waals surface area contributed by atoms with Gasteiger partial charge in [0.25, 0.3) is 11.8 Å². The lowest BCUT2D eigenvalue weighted by atomic mass is 9.74. The fourth-order valence-electron chi connectivity index (χ4n) is 5.09. The Labute approximate surface area is 248 Å². The fourth-order valence-corrected chi connectivity index (χ4v) is 5.09. The number of rotatable bonds is 14. The quantitative estimate of drug-likeness (QED) is 0.243. The molecule has 0 saturated heterocycles. The van der Waals surface area contributed by atoms with E-state index in [0.29, 0.717) is 12.8 Å². The molecule has 0 heterocycles. The summed E-state index contributed by atoms with van der Waals surface area (Å²) in [4.78, 5) is 64.5. The zero-order chi connectivity index (χ0) is 31.6. The van der Waals surface area contributed by atoms with Crippen molar-refractivity contribution >= 4 is 29.5 Å². The molecule has 1 saturated carbocycles. The number of carbonyl (C=O) groups excluding carboxylic acids is 4. The van der Waals surface area contributed by atoms with Gasteiger partial charge in [0.05, 0.1) is 18.8 Å². The minimum Gasteiger partial charge on any atom is -0.480 e. The molecule has 0 aliphatic heterocycles. The summed E-state index contributed by atoms with van der Waals surface area (Å²) in [5.41, 5.74) is -1.51. The van der Waals surface area contributed by atoms with Crippen LogP contribution < -0.4 is 16.0 Å². The SMILES string of the molecule is CCC(NC(=O)C(=O)C(COCc1ccccc1)NC(=O)C(C)(NC(=O)c1cccc(F)c1F)C1CCCCC1)C(=O)O. The molecule has 3 unspecified atom stereocenters. The third-order valence-electron chi connectivity index (χ3n) is 7.72. The van der Waals surface area contributed by atoms with Crippen molar-refractivity contribution in [2.45, 2.75) is 76.6 Å². The van der Waals surface area contributed by atoms with Gasteiger partial charge in [0, 0.05) is 0 Å². The van der Waals surface area contributed by atoms with Gasteiger partial charge in [-0.15, -0.1) is 0 Å². The molecule has 232 valence electrons. The molecule has 4 N–H and O–H groups in total. The summed E-state index contributed by atoms with van der Waals surface area (Å²) < 4.78 is 34.0. The van der Waals surface area contributed by atoms with Crippen molar-refractivity contribution in [2.24, 2.45) is 5.92 Å². The van der Waals surface area contributed by atoms with Crippen LogP contribution in [0.5, 0.6) is 0 Å². The highest BCUT2D eigenvalue weighted by Gasteiger charge is 2.45. The first kappa shape index (κ1) is 33.3. The Hall–Kier alpha value is -4.19. The summed E-state index contributed by atoms with van der Waals surface area (Å²) in [6.07, 6.45) is 3.52. The standard InChI is InChI=1S/C31H37F2N3O7/c1-3-23(29(40)41)34-28(39)26(37)24(18-43-17-19-11-6-4-7-12-19)35-30(42)31(2,20-13-8-5-9-14-20)36-27(38)21-15-10-16-22(32)25(21)33/h4,6-7,10-12,15-16,20,23-24H,3,5,8-9,13-14,17-18H2,1-2H3,(H,34,39)(H,35,42)(H,36,38)(H,40,41). The average Bonchev–Trinajstić information content (AvgIpc) is 3.00. The number of halogens is 2. The van der Waals surface area contributed by atoms with E-state index in [2.05, 4.69) is 16.0 Å². The minimum atomic E-state index is -1.68. The molecule has 0 spiro atoms. The largest absolute Gasteiger partial charge is 0.480 e. The molecule has 2 aromatic rings. The Morgan fingerprint density at radius 2 is 1.63 bits per heavy atom. The Morgan fingerprint density at radius 3 is 2.26 bits per heavy atom. The summed E-state index contributed by atoms with van der Waals surface area (Å²) in [5.74, 6) is -8.57. The first-order valence-electron chi connectivity index (χ1n) is 14.2. The molecule has 1 aliphatic carbocycles. The van der Waals surface area contributed by atoms with Gasteiger partial charge in [-0.25, -0.2) is 13.6 Å². The van der Waals surface area contributed by atoms with E-state index in [1.165, 1.54) is 19.9 Å². The van der Waals surface area contributed by atoms with Crippen molar-refractivity contribution in [3.8, 4) is 0 Å². The highest BCUT2D eigenvalue weighted by Crippen LogP contribution is 2.33. The summed E-state index contributed by atoms with van der Waals surface area (Å²) in [7, 11) is 0. The second kappa shape index (κ2) is 15.3. The maximum absolute atomic E-state index is 14.5. The molecule has 3 amide bonds. The molecular formula is C31H37F2N3O7. The molecule has 43 heavy (non-hydrogen) atoms. The van der Waals surface area contributed by atoms with E-state index in [4.69, 9.17) is 4.74 Å². The van der Waals surface area contributed by atoms with E-state index in [1.807, 2.05) is 6.07 Å². The normalized spacial score (nSPS) is 16.3. The number of hydrogen-bond donors (Lipinski definition) is 4. The third-order valence-corrected chi connectivity index (χ3v) is 7.72. The molecule has 2 aromatic carbocycles. The van der Waals surface area contributed by atoms with Crippen LogP contribution in [0, 0.1) is 17.6 Å². The van der Waals surface area contributed by atoms with Crippen LogP contribution in [0.4, 0.5) is 8.78 Å². The number of carbonyl (C=O) groups is 5. The van der Waals surface area contributed by atoms with Gasteiger partial charge in [0.2, 0.25) is 11.7 Å². The van der Waals surface area contributed by atoms with Gasteiger partial charge in [-0.3, -0.25) is 19.2 Å². The molecular weight excluding hydrogens is 564 g/mol. The van der Waals surface area contributed by atoms with Gasteiger partial charge in [-0.05, 0) is 49.8 Å². The number of ether oxygens (including phenoxy) is 1.